The summed E-state index contributed by atoms with van der Waals surface area (Å²) < 4.78 is 5.25. The minimum absolute atomic E-state index is 0.317. The molecule has 18 heavy (non-hydrogen) atoms. The molecule has 1 aromatic carbocycles. The second kappa shape index (κ2) is 5.72. The first-order valence-corrected chi connectivity index (χ1v) is 6.69. The maximum Gasteiger partial charge on any atom is 0.119 e. The van der Waals surface area contributed by atoms with Crippen LogP contribution in [0, 0.1) is 5.41 Å². The third kappa shape index (κ3) is 3.24. The molecule has 100 valence electrons. The monoisotopic (exact) mass is 248 g/mol. The molecular weight excluding hydrogens is 224 g/mol. The second-order valence-electron chi connectivity index (χ2n) is 5.74. The van der Waals surface area contributed by atoms with E-state index in [0.29, 0.717) is 11.5 Å². The molecule has 1 fully saturated rings. The Morgan fingerprint density at radius 2 is 2.28 bits per heavy atom. The average molecular weight is 248 g/mol. The van der Waals surface area contributed by atoms with Crippen LogP contribution in [0.15, 0.2) is 24.3 Å². The molecule has 3 heteroatoms. The lowest BCUT2D eigenvalue weighted by Gasteiger charge is -2.39. The predicted octanol–water partition coefficient (Wildman–Crippen LogP) is 2.17. The third-order valence-electron chi connectivity index (χ3n) is 3.82. The van der Waals surface area contributed by atoms with Crippen molar-refractivity contribution in [3.05, 3.63) is 29.8 Å². The van der Waals surface area contributed by atoms with Crippen molar-refractivity contribution in [2.45, 2.75) is 32.9 Å². The minimum atomic E-state index is 0.317. The van der Waals surface area contributed by atoms with Gasteiger partial charge in [0.2, 0.25) is 0 Å². The van der Waals surface area contributed by atoms with Crippen LogP contribution in [-0.2, 0) is 6.54 Å². The van der Waals surface area contributed by atoms with Crippen LogP contribution < -0.4 is 15.4 Å². The summed E-state index contributed by atoms with van der Waals surface area (Å²) in [6, 6.07) is 8.84. The number of rotatable bonds is 4. The van der Waals surface area contributed by atoms with E-state index in [1.165, 1.54) is 12.0 Å². The van der Waals surface area contributed by atoms with Gasteiger partial charge in [0, 0.05) is 19.1 Å². The number of hydrogen-bond acceptors (Lipinski definition) is 3. The first-order chi connectivity index (χ1) is 8.62. The number of benzene rings is 1. The molecule has 2 rings (SSSR count). The molecule has 0 bridgehead atoms. The zero-order chi connectivity index (χ0) is 13.0. The first kappa shape index (κ1) is 13.4. The number of methoxy groups -OCH3 is 1. The van der Waals surface area contributed by atoms with Crippen molar-refractivity contribution in [2.24, 2.45) is 5.41 Å². The van der Waals surface area contributed by atoms with Gasteiger partial charge in [0.05, 0.1) is 7.11 Å². The van der Waals surface area contributed by atoms with Gasteiger partial charge in [-0.3, -0.25) is 0 Å². The topological polar surface area (TPSA) is 33.3 Å². The van der Waals surface area contributed by atoms with Gasteiger partial charge < -0.3 is 15.4 Å². The second-order valence-corrected chi connectivity index (χ2v) is 5.74. The highest BCUT2D eigenvalue weighted by Crippen LogP contribution is 2.25. The van der Waals surface area contributed by atoms with Crippen LogP contribution in [0.25, 0.3) is 0 Å². The van der Waals surface area contributed by atoms with E-state index in [1.54, 1.807) is 7.11 Å². The summed E-state index contributed by atoms with van der Waals surface area (Å²) in [5, 5.41) is 7.15. The molecule has 1 aliphatic heterocycles. The molecule has 1 aromatic rings. The molecule has 1 atom stereocenters. The summed E-state index contributed by atoms with van der Waals surface area (Å²) in [6.07, 6.45) is 1.19. The third-order valence-corrected chi connectivity index (χ3v) is 3.82. The van der Waals surface area contributed by atoms with E-state index in [0.717, 1.165) is 25.4 Å². The van der Waals surface area contributed by atoms with Crippen molar-refractivity contribution in [2.75, 3.05) is 20.2 Å². The van der Waals surface area contributed by atoms with Crippen LogP contribution in [-0.4, -0.2) is 26.2 Å². The zero-order valence-corrected chi connectivity index (χ0v) is 11.6. The Hall–Kier alpha value is -1.06. The molecule has 0 spiro atoms. The van der Waals surface area contributed by atoms with Gasteiger partial charge in [0.15, 0.2) is 0 Å². The Balaban J connectivity index is 1.94. The maximum atomic E-state index is 5.25. The van der Waals surface area contributed by atoms with E-state index in [1.807, 2.05) is 12.1 Å². The molecule has 1 unspecified atom stereocenters. The first-order valence-electron chi connectivity index (χ1n) is 6.69. The van der Waals surface area contributed by atoms with Gasteiger partial charge >= 0.3 is 0 Å². The number of piperidine rings is 1. The van der Waals surface area contributed by atoms with Gasteiger partial charge in [-0.15, -0.1) is 0 Å². The average Bonchev–Trinajstić information content (AvgIpc) is 2.37. The molecule has 0 amide bonds. The Labute approximate surface area is 110 Å². The van der Waals surface area contributed by atoms with Crippen LogP contribution in [0.2, 0.25) is 0 Å². The van der Waals surface area contributed by atoms with Crippen molar-refractivity contribution in [1.29, 1.82) is 0 Å². The van der Waals surface area contributed by atoms with Crippen molar-refractivity contribution < 1.29 is 4.74 Å². The summed E-state index contributed by atoms with van der Waals surface area (Å²) in [7, 11) is 1.71. The van der Waals surface area contributed by atoms with Crippen molar-refractivity contribution in [3.63, 3.8) is 0 Å². The molecule has 2 N–H and O–H groups in total. The molecule has 0 saturated carbocycles. The van der Waals surface area contributed by atoms with Crippen molar-refractivity contribution in [3.8, 4) is 5.75 Å². The normalized spacial score (nSPS) is 22.7. The van der Waals surface area contributed by atoms with Gasteiger partial charge in [-0.25, -0.2) is 0 Å². The molecule has 0 aliphatic carbocycles. The molecule has 1 saturated heterocycles. The fraction of sp³-hybridized carbons (Fsp3) is 0.600. The van der Waals surface area contributed by atoms with E-state index in [-0.39, 0.29) is 0 Å². The summed E-state index contributed by atoms with van der Waals surface area (Å²) >= 11 is 0. The Morgan fingerprint density at radius 3 is 3.00 bits per heavy atom. The van der Waals surface area contributed by atoms with Crippen LogP contribution in [0.1, 0.15) is 25.8 Å². The summed E-state index contributed by atoms with van der Waals surface area (Å²) in [4.78, 5) is 0. The van der Waals surface area contributed by atoms with Crippen molar-refractivity contribution in [1.82, 2.24) is 10.6 Å². The lowest BCUT2D eigenvalue weighted by Crippen LogP contribution is -2.52. The smallest absolute Gasteiger partial charge is 0.119 e. The number of ether oxygens (including phenoxy) is 1. The van der Waals surface area contributed by atoms with Gasteiger partial charge in [0.1, 0.15) is 5.75 Å². The zero-order valence-electron chi connectivity index (χ0n) is 11.6. The lowest BCUT2D eigenvalue weighted by molar-refractivity contribution is 0.184. The maximum absolute atomic E-state index is 5.25. The summed E-state index contributed by atoms with van der Waals surface area (Å²) in [5.74, 6) is 0.930. The predicted molar refractivity (Wildman–Crippen MR) is 74.9 cm³/mol. The minimum Gasteiger partial charge on any atom is -0.497 e. The van der Waals surface area contributed by atoms with Crippen LogP contribution >= 0.6 is 0 Å². The van der Waals surface area contributed by atoms with Crippen molar-refractivity contribution >= 4 is 0 Å². The Morgan fingerprint density at radius 1 is 1.44 bits per heavy atom. The SMILES string of the molecule is COc1cccc(CNC2CCNCC2(C)C)c1. The molecule has 0 aromatic heterocycles. The quantitative estimate of drug-likeness (QED) is 0.857. The molecular formula is C15H24N2O. The largest absolute Gasteiger partial charge is 0.497 e. The number of nitrogens with one attached hydrogen (secondary N) is 2. The van der Waals surface area contributed by atoms with E-state index in [2.05, 4.69) is 36.6 Å². The van der Waals surface area contributed by atoms with Crippen LogP contribution in [0.5, 0.6) is 5.75 Å². The summed E-state index contributed by atoms with van der Waals surface area (Å²) in [6.45, 7) is 7.75. The molecule has 1 heterocycles. The van der Waals surface area contributed by atoms with Gasteiger partial charge in [0.25, 0.3) is 0 Å². The highest BCUT2D eigenvalue weighted by atomic mass is 16.5. The standard InChI is InChI=1S/C15H24N2O/c1-15(2)11-16-8-7-14(15)17-10-12-5-4-6-13(9-12)18-3/h4-6,9,14,16-17H,7-8,10-11H2,1-3H3. The molecule has 1 aliphatic rings. The van der Waals surface area contributed by atoms with Crippen LogP contribution in [0.3, 0.4) is 0 Å². The van der Waals surface area contributed by atoms with Crippen LogP contribution in [0.4, 0.5) is 0 Å². The van der Waals surface area contributed by atoms with Gasteiger partial charge in [-0.05, 0) is 36.1 Å². The fourth-order valence-corrected chi connectivity index (χ4v) is 2.57. The molecule has 3 nitrogen and oxygen atoms in total. The highest BCUT2D eigenvalue weighted by molar-refractivity contribution is 5.28. The van der Waals surface area contributed by atoms with E-state index in [9.17, 15) is 0 Å². The van der Waals surface area contributed by atoms with Gasteiger partial charge in [-0.2, -0.15) is 0 Å². The van der Waals surface area contributed by atoms with E-state index < -0.39 is 0 Å². The van der Waals surface area contributed by atoms with E-state index >= 15 is 0 Å². The number of hydrogen-bond donors (Lipinski definition) is 2. The highest BCUT2D eigenvalue weighted by Gasteiger charge is 2.31. The fourth-order valence-electron chi connectivity index (χ4n) is 2.57. The lowest BCUT2D eigenvalue weighted by atomic mass is 9.80. The Kier molecular flexibility index (Phi) is 4.25. The Bertz CT molecular complexity index is 390. The van der Waals surface area contributed by atoms with Gasteiger partial charge in [-0.1, -0.05) is 26.0 Å². The summed E-state index contributed by atoms with van der Waals surface area (Å²) in [5.41, 5.74) is 1.60. The molecule has 0 radical (unpaired) electrons. The van der Waals surface area contributed by atoms with E-state index in [4.69, 9.17) is 4.74 Å².